The van der Waals surface area contributed by atoms with Crippen molar-refractivity contribution in [3.05, 3.63) is 77.9 Å². The van der Waals surface area contributed by atoms with Gasteiger partial charge in [0.25, 0.3) is 0 Å². The molecule has 5 rings (SSSR count). The van der Waals surface area contributed by atoms with Crippen molar-refractivity contribution in [2.24, 2.45) is 0 Å². The number of carbonyl (C=O) groups excluding carboxylic acids is 1. The maximum Gasteiger partial charge on any atom is 0.225 e. The average molecular weight is 396 g/mol. The lowest BCUT2D eigenvalue weighted by molar-refractivity contribution is 0.0301. The molecule has 3 heterocycles. The Kier molecular flexibility index (Phi) is 4.44. The molecule has 6 heteroatoms. The van der Waals surface area contributed by atoms with Gasteiger partial charge in [0.15, 0.2) is 11.5 Å². The molecule has 0 radical (unpaired) electrons. The lowest BCUT2D eigenvalue weighted by atomic mass is 9.83. The van der Waals surface area contributed by atoms with Gasteiger partial charge in [-0.3, -0.25) is 4.79 Å². The Labute approximate surface area is 175 Å². The summed E-state index contributed by atoms with van der Waals surface area (Å²) in [6.45, 7) is 8.66. The molecular formula is C24H20N4O2. The summed E-state index contributed by atoms with van der Waals surface area (Å²) in [5.41, 5.74) is 2.48. The van der Waals surface area contributed by atoms with Gasteiger partial charge in [-0.2, -0.15) is 0 Å². The fourth-order valence-electron chi connectivity index (χ4n) is 4.38. The summed E-state index contributed by atoms with van der Waals surface area (Å²) >= 11 is 0. The molecule has 2 aromatic carbocycles. The molecular weight excluding hydrogens is 376 g/mol. The van der Waals surface area contributed by atoms with Gasteiger partial charge in [-0.25, -0.2) is 14.8 Å². The van der Waals surface area contributed by atoms with E-state index in [1.165, 1.54) is 0 Å². The second-order valence-electron chi connectivity index (χ2n) is 7.83. The second kappa shape index (κ2) is 7.27. The molecule has 0 amide bonds. The number of piperidine rings is 1. The Hall–Kier alpha value is -3.72. The van der Waals surface area contributed by atoms with Crippen LogP contribution in [0.15, 0.2) is 60.9 Å². The summed E-state index contributed by atoms with van der Waals surface area (Å²) in [6.07, 6.45) is 5.56. The van der Waals surface area contributed by atoms with Crippen molar-refractivity contribution >= 4 is 17.4 Å². The molecule has 3 aromatic rings. The molecule has 1 saturated heterocycles. The van der Waals surface area contributed by atoms with Crippen molar-refractivity contribution in [1.82, 2.24) is 9.97 Å². The monoisotopic (exact) mass is 396 g/mol. The maximum absolute atomic E-state index is 13.1. The van der Waals surface area contributed by atoms with Crippen LogP contribution in [0.2, 0.25) is 0 Å². The highest BCUT2D eigenvalue weighted by Gasteiger charge is 2.44. The van der Waals surface area contributed by atoms with Crippen LogP contribution in [0.5, 0.6) is 5.75 Å². The van der Waals surface area contributed by atoms with Gasteiger partial charge in [-0.15, -0.1) is 0 Å². The Balaban J connectivity index is 1.44. The van der Waals surface area contributed by atoms with Crippen LogP contribution in [0.3, 0.4) is 0 Å². The third-order valence-electron chi connectivity index (χ3n) is 5.77. The SMILES string of the molecule is [C-]#[N+]c1cccc(-c2ccc3c(c2)C(=O)CC2(CCCN(c4ncccn4)C2)O3)c1. The quantitative estimate of drug-likeness (QED) is 0.588. The molecule has 2 aliphatic rings. The van der Waals surface area contributed by atoms with Gasteiger partial charge in [0.05, 0.1) is 25.1 Å². The normalized spacial score (nSPS) is 20.4. The number of hydrogen-bond acceptors (Lipinski definition) is 5. The number of hydrogen-bond donors (Lipinski definition) is 0. The number of nitrogens with zero attached hydrogens (tertiary/aromatic N) is 4. The number of benzene rings is 2. The highest BCUT2D eigenvalue weighted by atomic mass is 16.5. The summed E-state index contributed by atoms with van der Waals surface area (Å²) in [4.78, 5) is 27.4. The fraction of sp³-hybridized carbons (Fsp3) is 0.250. The van der Waals surface area contributed by atoms with Crippen LogP contribution >= 0.6 is 0 Å². The highest BCUT2D eigenvalue weighted by Crippen LogP contribution is 2.40. The number of fused-ring (bicyclic) bond motifs is 1. The highest BCUT2D eigenvalue weighted by molar-refractivity contribution is 6.01. The molecule has 30 heavy (non-hydrogen) atoms. The summed E-state index contributed by atoms with van der Waals surface area (Å²) in [5, 5.41) is 0. The van der Waals surface area contributed by atoms with E-state index >= 15 is 0 Å². The van der Waals surface area contributed by atoms with Gasteiger partial charge in [-0.05, 0) is 48.2 Å². The zero-order valence-corrected chi connectivity index (χ0v) is 16.4. The molecule has 1 fully saturated rings. The number of ketones is 1. The Morgan fingerprint density at radius 3 is 2.73 bits per heavy atom. The van der Waals surface area contributed by atoms with E-state index in [4.69, 9.17) is 11.3 Å². The predicted octanol–water partition coefficient (Wildman–Crippen LogP) is 4.70. The predicted molar refractivity (Wildman–Crippen MR) is 114 cm³/mol. The largest absolute Gasteiger partial charge is 0.484 e. The number of rotatable bonds is 2. The van der Waals surface area contributed by atoms with Crippen LogP contribution in [0.4, 0.5) is 11.6 Å². The van der Waals surface area contributed by atoms with Gasteiger partial charge in [0, 0.05) is 18.9 Å². The Bertz CT molecular complexity index is 1160. The van der Waals surface area contributed by atoms with Crippen molar-refractivity contribution < 1.29 is 9.53 Å². The van der Waals surface area contributed by atoms with Crippen LogP contribution in [0.25, 0.3) is 16.0 Å². The standard InChI is InChI=1S/C24H20N4O2/c1-25-19-6-2-5-17(13-19)18-7-8-22-20(14-18)21(29)15-24(30-22)9-3-12-28(16-24)23-26-10-4-11-27-23/h2,4-8,10-11,13-14H,3,9,12,15-16H2. The zero-order chi connectivity index (χ0) is 20.6. The molecule has 1 aromatic heterocycles. The number of Topliss-reactive ketones (excluding diaryl/α,β-unsaturated/α-hetero) is 1. The third-order valence-corrected chi connectivity index (χ3v) is 5.77. The van der Waals surface area contributed by atoms with Crippen molar-refractivity contribution in [1.29, 1.82) is 0 Å². The van der Waals surface area contributed by atoms with Gasteiger partial charge >= 0.3 is 0 Å². The average Bonchev–Trinajstić information content (AvgIpc) is 2.79. The first-order chi connectivity index (χ1) is 14.7. The van der Waals surface area contributed by atoms with Crippen molar-refractivity contribution in [3.63, 3.8) is 0 Å². The minimum atomic E-state index is -0.549. The molecule has 0 aliphatic carbocycles. The summed E-state index contributed by atoms with van der Waals surface area (Å²) in [6, 6.07) is 14.9. The topological polar surface area (TPSA) is 59.7 Å². The Morgan fingerprint density at radius 2 is 1.90 bits per heavy atom. The molecule has 148 valence electrons. The van der Waals surface area contributed by atoms with Gasteiger partial charge in [0.2, 0.25) is 5.95 Å². The van der Waals surface area contributed by atoms with E-state index in [1.54, 1.807) is 24.5 Å². The van der Waals surface area contributed by atoms with E-state index in [0.717, 1.165) is 30.5 Å². The van der Waals surface area contributed by atoms with Gasteiger partial charge < -0.3 is 9.64 Å². The lowest BCUT2D eigenvalue weighted by Crippen LogP contribution is -2.55. The first-order valence-electron chi connectivity index (χ1n) is 10.0. The first kappa shape index (κ1) is 18.3. The van der Waals surface area contributed by atoms with Crippen molar-refractivity contribution in [2.75, 3.05) is 18.0 Å². The fourth-order valence-corrected chi connectivity index (χ4v) is 4.38. The van der Waals surface area contributed by atoms with E-state index < -0.39 is 5.60 Å². The van der Waals surface area contributed by atoms with Crippen molar-refractivity contribution in [3.8, 4) is 16.9 Å². The molecule has 1 spiro atoms. The van der Waals surface area contributed by atoms with E-state index in [-0.39, 0.29) is 5.78 Å². The zero-order valence-electron chi connectivity index (χ0n) is 16.4. The molecule has 6 nitrogen and oxygen atoms in total. The number of aromatic nitrogens is 2. The molecule has 1 unspecified atom stereocenters. The molecule has 2 aliphatic heterocycles. The van der Waals surface area contributed by atoms with Gasteiger partial charge in [0.1, 0.15) is 11.4 Å². The van der Waals surface area contributed by atoms with E-state index in [2.05, 4.69) is 19.7 Å². The van der Waals surface area contributed by atoms with Crippen LogP contribution in [-0.2, 0) is 0 Å². The van der Waals surface area contributed by atoms with Gasteiger partial charge in [-0.1, -0.05) is 24.3 Å². The van der Waals surface area contributed by atoms with Crippen LogP contribution in [-0.4, -0.2) is 34.4 Å². The minimum absolute atomic E-state index is 0.0928. The Morgan fingerprint density at radius 1 is 1.07 bits per heavy atom. The summed E-state index contributed by atoms with van der Waals surface area (Å²) < 4.78 is 6.45. The van der Waals surface area contributed by atoms with E-state index in [0.29, 0.717) is 35.9 Å². The molecule has 0 bridgehead atoms. The summed E-state index contributed by atoms with van der Waals surface area (Å²) in [7, 11) is 0. The van der Waals surface area contributed by atoms with E-state index in [9.17, 15) is 4.79 Å². The number of anilines is 1. The van der Waals surface area contributed by atoms with Crippen LogP contribution < -0.4 is 9.64 Å². The lowest BCUT2D eigenvalue weighted by Gasteiger charge is -2.44. The first-order valence-corrected chi connectivity index (χ1v) is 10.0. The number of ether oxygens (including phenoxy) is 1. The van der Waals surface area contributed by atoms with Crippen LogP contribution in [0, 0.1) is 6.57 Å². The molecule has 0 saturated carbocycles. The summed E-state index contributed by atoms with van der Waals surface area (Å²) in [5.74, 6) is 1.40. The maximum atomic E-state index is 13.1. The van der Waals surface area contributed by atoms with Crippen molar-refractivity contribution in [2.45, 2.75) is 24.9 Å². The number of carbonyl (C=O) groups is 1. The molecule has 0 N–H and O–H groups in total. The third kappa shape index (κ3) is 3.29. The second-order valence-corrected chi connectivity index (χ2v) is 7.83. The molecule has 1 atom stereocenters. The smallest absolute Gasteiger partial charge is 0.225 e. The van der Waals surface area contributed by atoms with Crippen LogP contribution in [0.1, 0.15) is 29.6 Å². The minimum Gasteiger partial charge on any atom is -0.484 e. The van der Waals surface area contributed by atoms with E-state index in [1.807, 2.05) is 36.4 Å².